The number of benzene rings is 1. The van der Waals surface area contributed by atoms with Crippen molar-refractivity contribution in [3.05, 3.63) is 48.3 Å². The number of nitrogens with one attached hydrogen (secondary N) is 2. The third-order valence-electron chi connectivity index (χ3n) is 5.02. The van der Waals surface area contributed by atoms with E-state index in [0.717, 1.165) is 23.8 Å². The number of anilines is 1. The van der Waals surface area contributed by atoms with Gasteiger partial charge in [0.1, 0.15) is 5.82 Å². The first-order chi connectivity index (χ1) is 14.1. The molecule has 0 bridgehead atoms. The summed E-state index contributed by atoms with van der Waals surface area (Å²) in [5.41, 5.74) is 1.20. The van der Waals surface area contributed by atoms with Crippen LogP contribution < -0.4 is 10.6 Å². The number of amides is 2. The Morgan fingerprint density at radius 2 is 1.93 bits per heavy atom. The average Bonchev–Trinajstić information content (AvgIpc) is 3.16. The number of thioether (sulfide) groups is 1. The van der Waals surface area contributed by atoms with Crippen LogP contribution in [0.2, 0.25) is 0 Å². The molecule has 0 radical (unpaired) electrons. The van der Waals surface area contributed by atoms with Gasteiger partial charge in [-0.15, -0.1) is 16.8 Å². The molecule has 3 rings (SSSR count). The Morgan fingerprint density at radius 1 is 1.21 bits per heavy atom. The summed E-state index contributed by atoms with van der Waals surface area (Å²) in [5.74, 6) is 1.40. The fourth-order valence-corrected chi connectivity index (χ4v) is 4.30. The molecule has 2 amide bonds. The lowest BCUT2D eigenvalue weighted by molar-refractivity contribution is -0.113. The summed E-state index contributed by atoms with van der Waals surface area (Å²) in [6, 6.07) is 6.79. The minimum absolute atomic E-state index is 0.130. The van der Waals surface area contributed by atoms with Crippen LogP contribution in [0.4, 0.5) is 5.69 Å². The van der Waals surface area contributed by atoms with E-state index in [-0.39, 0.29) is 17.6 Å². The van der Waals surface area contributed by atoms with E-state index in [1.165, 1.54) is 31.0 Å². The first kappa shape index (κ1) is 21.1. The normalized spacial score (nSPS) is 14.4. The third-order valence-corrected chi connectivity index (χ3v) is 5.98. The molecule has 1 aliphatic carbocycles. The number of rotatable bonds is 8. The van der Waals surface area contributed by atoms with E-state index in [2.05, 4.69) is 32.0 Å². The highest BCUT2D eigenvalue weighted by Gasteiger charge is 2.23. The summed E-state index contributed by atoms with van der Waals surface area (Å²) in [6.07, 6.45) is 7.88. The van der Waals surface area contributed by atoms with Gasteiger partial charge in [-0.3, -0.25) is 9.59 Å². The summed E-state index contributed by atoms with van der Waals surface area (Å²) in [5, 5.41) is 14.9. The zero-order valence-electron chi connectivity index (χ0n) is 16.7. The van der Waals surface area contributed by atoms with Gasteiger partial charge in [0.2, 0.25) is 5.91 Å². The minimum atomic E-state index is -0.159. The molecule has 29 heavy (non-hydrogen) atoms. The lowest BCUT2D eigenvalue weighted by Gasteiger charge is -2.21. The number of carbonyl (C=O) groups excluding carboxylic acids is 2. The highest BCUT2D eigenvalue weighted by atomic mass is 32.2. The SMILES string of the molecule is C=CCn1c(SCC(=O)Nc2ccc(C(=O)NC)cc2)nnc1C1CCCCC1. The minimum Gasteiger partial charge on any atom is -0.355 e. The van der Waals surface area contributed by atoms with Gasteiger partial charge in [0.05, 0.1) is 5.75 Å². The molecule has 1 aromatic carbocycles. The van der Waals surface area contributed by atoms with E-state index < -0.39 is 0 Å². The maximum atomic E-state index is 12.3. The van der Waals surface area contributed by atoms with E-state index in [4.69, 9.17) is 0 Å². The topological polar surface area (TPSA) is 88.9 Å². The molecule has 1 saturated carbocycles. The first-order valence-electron chi connectivity index (χ1n) is 9.91. The summed E-state index contributed by atoms with van der Waals surface area (Å²) < 4.78 is 2.08. The fourth-order valence-electron chi connectivity index (χ4n) is 3.55. The first-order valence-corrected chi connectivity index (χ1v) is 10.9. The molecule has 1 fully saturated rings. The second-order valence-corrected chi connectivity index (χ2v) is 8.01. The molecule has 7 nitrogen and oxygen atoms in total. The van der Waals surface area contributed by atoms with Gasteiger partial charge in [-0.05, 0) is 37.1 Å². The van der Waals surface area contributed by atoms with Crippen molar-refractivity contribution in [1.29, 1.82) is 0 Å². The number of hydrogen-bond acceptors (Lipinski definition) is 5. The van der Waals surface area contributed by atoms with E-state index in [1.807, 2.05) is 6.08 Å². The van der Waals surface area contributed by atoms with Crippen molar-refractivity contribution in [2.75, 3.05) is 18.1 Å². The Bertz CT molecular complexity index is 856. The Balaban J connectivity index is 1.60. The Labute approximate surface area is 175 Å². The van der Waals surface area contributed by atoms with Crippen LogP contribution in [-0.2, 0) is 11.3 Å². The van der Waals surface area contributed by atoms with Crippen LogP contribution in [-0.4, -0.2) is 39.4 Å². The molecule has 0 atom stereocenters. The number of nitrogens with zero attached hydrogens (tertiary/aromatic N) is 3. The molecule has 8 heteroatoms. The molecule has 2 N–H and O–H groups in total. The average molecular weight is 414 g/mol. The smallest absolute Gasteiger partial charge is 0.251 e. The van der Waals surface area contributed by atoms with E-state index >= 15 is 0 Å². The van der Waals surface area contributed by atoms with Crippen LogP contribution in [0.3, 0.4) is 0 Å². The second-order valence-electron chi connectivity index (χ2n) is 7.07. The van der Waals surface area contributed by atoms with Crippen LogP contribution in [0.25, 0.3) is 0 Å². The maximum absolute atomic E-state index is 12.3. The standard InChI is InChI=1S/C21H27N5O2S/c1-3-13-26-19(15-7-5-4-6-8-15)24-25-21(26)29-14-18(27)23-17-11-9-16(10-12-17)20(28)22-2/h3,9-12,15H,1,4-8,13-14H2,2H3,(H,22,28)(H,23,27). The van der Waals surface area contributed by atoms with E-state index in [1.54, 1.807) is 31.3 Å². The predicted octanol–water partition coefficient (Wildman–Crippen LogP) is 3.60. The molecule has 0 unspecified atom stereocenters. The van der Waals surface area contributed by atoms with Crippen molar-refractivity contribution in [3.8, 4) is 0 Å². The lowest BCUT2D eigenvalue weighted by Crippen LogP contribution is -2.18. The number of allylic oxidation sites excluding steroid dienone is 1. The second kappa shape index (κ2) is 10.2. The quantitative estimate of drug-likeness (QED) is 0.510. The van der Waals surface area contributed by atoms with E-state index in [0.29, 0.717) is 23.7 Å². The van der Waals surface area contributed by atoms with Crippen molar-refractivity contribution in [3.63, 3.8) is 0 Å². The van der Waals surface area contributed by atoms with Gasteiger partial charge in [-0.25, -0.2) is 0 Å². The van der Waals surface area contributed by atoms with Crippen LogP contribution in [0.1, 0.15) is 54.2 Å². The Morgan fingerprint density at radius 3 is 2.59 bits per heavy atom. The molecule has 154 valence electrons. The molecule has 0 spiro atoms. The molecular formula is C21H27N5O2S. The monoisotopic (exact) mass is 413 g/mol. The van der Waals surface area contributed by atoms with Crippen molar-refractivity contribution in [2.24, 2.45) is 0 Å². The highest BCUT2D eigenvalue weighted by Crippen LogP contribution is 2.33. The van der Waals surface area contributed by atoms with Crippen LogP contribution >= 0.6 is 11.8 Å². The summed E-state index contributed by atoms with van der Waals surface area (Å²) in [4.78, 5) is 23.9. The molecule has 1 heterocycles. The van der Waals surface area contributed by atoms with Gasteiger partial charge in [-0.1, -0.05) is 37.1 Å². The zero-order chi connectivity index (χ0) is 20.6. The summed E-state index contributed by atoms with van der Waals surface area (Å²) in [6.45, 7) is 4.49. The van der Waals surface area contributed by atoms with Gasteiger partial charge in [-0.2, -0.15) is 0 Å². The summed E-state index contributed by atoms with van der Waals surface area (Å²) >= 11 is 1.38. The van der Waals surface area contributed by atoms with Gasteiger partial charge in [0, 0.05) is 30.8 Å². The fraction of sp³-hybridized carbons (Fsp3) is 0.429. The number of aromatic nitrogens is 3. The Hall–Kier alpha value is -2.61. The summed E-state index contributed by atoms with van der Waals surface area (Å²) in [7, 11) is 1.58. The van der Waals surface area contributed by atoms with Crippen LogP contribution in [0, 0.1) is 0 Å². The molecule has 0 aliphatic heterocycles. The van der Waals surface area contributed by atoms with E-state index in [9.17, 15) is 9.59 Å². The van der Waals surface area contributed by atoms with Crippen LogP contribution in [0.5, 0.6) is 0 Å². The van der Waals surface area contributed by atoms with Crippen molar-refractivity contribution in [1.82, 2.24) is 20.1 Å². The molecule has 2 aromatic rings. The predicted molar refractivity (Wildman–Crippen MR) is 115 cm³/mol. The number of hydrogen-bond donors (Lipinski definition) is 2. The molecular weight excluding hydrogens is 386 g/mol. The van der Waals surface area contributed by atoms with Crippen LogP contribution in [0.15, 0.2) is 42.1 Å². The number of carbonyl (C=O) groups is 2. The zero-order valence-corrected chi connectivity index (χ0v) is 17.5. The molecule has 1 aliphatic rings. The van der Waals surface area contributed by atoms with Gasteiger partial charge in [0.15, 0.2) is 5.16 Å². The van der Waals surface area contributed by atoms with Gasteiger partial charge >= 0.3 is 0 Å². The maximum Gasteiger partial charge on any atom is 0.251 e. The van der Waals surface area contributed by atoms with Crippen molar-refractivity contribution >= 4 is 29.3 Å². The van der Waals surface area contributed by atoms with Crippen molar-refractivity contribution in [2.45, 2.75) is 49.7 Å². The van der Waals surface area contributed by atoms with Gasteiger partial charge < -0.3 is 15.2 Å². The third kappa shape index (κ3) is 5.47. The van der Waals surface area contributed by atoms with Crippen molar-refractivity contribution < 1.29 is 9.59 Å². The molecule has 0 saturated heterocycles. The Kier molecular flexibility index (Phi) is 7.46. The largest absolute Gasteiger partial charge is 0.355 e. The lowest BCUT2D eigenvalue weighted by atomic mass is 9.89. The highest BCUT2D eigenvalue weighted by molar-refractivity contribution is 7.99. The molecule has 1 aromatic heterocycles. The van der Waals surface area contributed by atoms with Gasteiger partial charge in [0.25, 0.3) is 5.91 Å².